The van der Waals surface area contributed by atoms with E-state index in [9.17, 15) is 14.4 Å². The lowest BCUT2D eigenvalue weighted by Gasteiger charge is -2.33. The molecular weight excluding hydrogens is 442 g/mol. The molecule has 0 aliphatic rings. The Balaban J connectivity index is 2.46. The number of nitrogens with one attached hydrogen (secondary N) is 2. The average Bonchev–Trinajstić information content (AvgIpc) is 2.72. The standard InChI is InChI=1S/C28H37N3O4/c1-9-14-31(26(33)21(5)29-27(34)35-28(6,7)8)24(22-16-18(2)15-19(3)17-22)25(32)30-23-13-11-10-12-20(23)4/h9-13,15-17,21,24H,1,14H2,2-8H3,(H,29,34)(H,30,32). The maximum atomic E-state index is 13.7. The van der Waals surface area contributed by atoms with Gasteiger partial charge in [-0.15, -0.1) is 6.58 Å². The lowest BCUT2D eigenvalue weighted by atomic mass is 9.98. The number of alkyl carbamates (subject to hydrolysis) is 1. The fraction of sp³-hybridized carbons (Fsp3) is 0.393. The summed E-state index contributed by atoms with van der Waals surface area (Å²) in [5.74, 6) is -0.788. The predicted molar refractivity (Wildman–Crippen MR) is 139 cm³/mol. The monoisotopic (exact) mass is 479 g/mol. The van der Waals surface area contributed by atoms with E-state index >= 15 is 0 Å². The van der Waals surface area contributed by atoms with Crippen molar-refractivity contribution < 1.29 is 19.1 Å². The Morgan fingerprint density at radius 3 is 2.20 bits per heavy atom. The lowest BCUT2D eigenvalue weighted by molar-refractivity contribution is -0.139. The molecule has 2 atom stereocenters. The van der Waals surface area contributed by atoms with E-state index in [0.717, 1.165) is 16.7 Å². The third kappa shape index (κ3) is 7.98. The fourth-order valence-corrected chi connectivity index (χ4v) is 3.81. The molecular formula is C28H37N3O4. The minimum atomic E-state index is -0.943. The largest absolute Gasteiger partial charge is 0.444 e. The molecule has 7 heteroatoms. The number of benzene rings is 2. The van der Waals surface area contributed by atoms with Crippen molar-refractivity contribution in [1.29, 1.82) is 0 Å². The van der Waals surface area contributed by atoms with Gasteiger partial charge in [0.05, 0.1) is 0 Å². The van der Waals surface area contributed by atoms with Crippen LogP contribution in [0.5, 0.6) is 0 Å². The van der Waals surface area contributed by atoms with E-state index in [1.807, 2.05) is 63.2 Å². The molecule has 0 radical (unpaired) electrons. The van der Waals surface area contributed by atoms with Gasteiger partial charge in [-0.25, -0.2) is 4.79 Å². The highest BCUT2D eigenvalue weighted by Crippen LogP contribution is 2.27. The minimum absolute atomic E-state index is 0.109. The summed E-state index contributed by atoms with van der Waals surface area (Å²) in [6.45, 7) is 16.5. The number of anilines is 1. The molecule has 188 valence electrons. The summed E-state index contributed by atoms with van der Waals surface area (Å²) in [5, 5.41) is 5.56. The summed E-state index contributed by atoms with van der Waals surface area (Å²) in [6, 6.07) is 11.4. The quantitative estimate of drug-likeness (QED) is 0.508. The molecule has 0 fully saturated rings. The maximum Gasteiger partial charge on any atom is 0.408 e. The second kappa shape index (κ2) is 11.7. The molecule has 0 saturated carbocycles. The molecule has 2 N–H and O–H groups in total. The summed E-state index contributed by atoms with van der Waals surface area (Å²) >= 11 is 0. The molecule has 35 heavy (non-hydrogen) atoms. The molecule has 0 aliphatic heterocycles. The molecule has 0 saturated heterocycles. The molecule has 3 amide bonds. The molecule has 2 aromatic rings. The first kappa shape index (κ1) is 27.6. The van der Waals surface area contributed by atoms with Gasteiger partial charge >= 0.3 is 6.09 Å². The molecule has 0 heterocycles. The SMILES string of the molecule is C=CCN(C(=O)C(C)NC(=O)OC(C)(C)C)C(C(=O)Nc1ccccc1C)c1cc(C)cc(C)c1. The van der Waals surface area contributed by atoms with Crippen LogP contribution in [0.2, 0.25) is 0 Å². The van der Waals surface area contributed by atoms with E-state index in [1.54, 1.807) is 33.8 Å². The molecule has 0 aromatic heterocycles. The molecule has 0 bridgehead atoms. The smallest absolute Gasteiger partial charge is 0.408 e. The Hall–Kier alpha value is -3.61. The predicted octanol–water partition coefficient (Wildman–Crippen LogP) is 5.22. The van der Waals surface area contributed by atoms with E-state index in [2.05, 4.69) is 17.2 Å². The van der Waals surface area contributed by atoms with Gasteiger partial charge in [0.1, 0.15) is 17.7 Å². The van der Waals surface area contributed by atoms with E-state index in [-0.39, 0.29) is 12.5 Å². The van der Waals surface area contributed by atoms with Crippen molar-refractivity contribution in [2.75, 3.05) is 11.9 Å². The highest BCUT2D eigenvalue weighted by atomic mass is 16.6. The second-order valence-corrected chi connectivity index (χ2v) is 9.77. The average molecular weight is 480 g/mol. The number of carbonyl (C=O) groups excluding carboxylic acids is 3. The van der Waals surface area contributed by atoms with Crippen LogP contribution in [-0.2, 0) is 14.3 Å². The van der Waals surface area contributed by atoms with Gasteiger partial charge in [0, 0.05) is 12.2 Å². The van der Waals surface area contributed by atoms with Crippen LogP contribution in [0.3, 0.4) is 0 Å². The molecule has 7 nitrogen and oxygen atoms in total. The molecule has 2 aromatic carbocycles. The number of ether oxygens (including phenoxy) is 1. The molecule has 0 spiro atoms. The summed E-state index contributed by atoms with van der Waals surface area (Å²) in [5.41, 5.74) is 3.48. The van der Waals surface area contributed by atoms with Gasteiger partial charge in [-0.1, -0.05) is 53.6 Å². The number of amides is 3. The van der Waals surface area contributed by atoms with Crippen LogP contribution in [0.1, 0.15) is 56.0 Å². The van der Waals surface area contributed by atoms with E-state index < -0.39 is 29.7 Å². The Bertz CT molecular complexity index is 1070. The number of carbonyl (C=O) groups is 3. The zero-order valence-corrected chi connectivity index (χ0v) is 21.8. The van der Waals surface area contributed by atoms with Crippen LogP contribution in [0.4, 0.5) is 10.5 Å². The highest BCUT2D eigenvalue weighted by molar-refractivity contribution is 5.99. The highest BCUT2D eigenvalue weighted by Gasteiger charge is 2.34. The zero-order valence-electron chi connectivity index (χ0n) is 21.8. The van der Waals surface area contributed by atoms with E-state index in [0.29, 0.717) is 11.3 Å². The summed E-state index contributed by atoms with van der Waals surface area (Å²) in [4.78, 5) is 41.0. The Morgan fingerprint density at radius 1 is 1.06 bits per heavy atom. The van der Waals surface area contributed by atoms with E-state index in [1.165, 1.54) is 4.90 Å². The summed E-state index contributed by atoms with van der Waals surface area (Å²) < 4.78 is 5.29. The van der Waals surface area contributed by atoms with Crippen LogP contribution in [-0.4, -0.2) is 41.0 Å². The Labute approximate surface area is 208 Å². The Kier molecular flexibility index (Phi) is 9.23. The lowest BCUT2D eigenvalue weighted by Crippen LogP contribution is -2.51. The topological polar surface area (TPSA) is 87.7 Å². The van der Waals surface area contributed by atoms with Crippen molar-refractivity contribution >= 4 is 23.6 Å². The van der Waals surface area contributed by atoms with Gasteiger partial charge < -0.3 is 20.3 Å². The van der Waals surface area contributed by atoms with Crippen molar-refractivity contribution in [2.24, 2.45) is 0 Å². The van der Waals surface area contributed by atoms with Crippen molar-refractivity contribution in [3.05, 3.63) is 77.4 Å². The van der Waals surface area contributed by atoms with Gasteiger partial charge in [-0.2, -0.15) is 0 Å². The molecule has 2 rings (SSSR count). The Morgan fingerprint density at radius 2 is 1.66 bits per heavy atom. The van der Waals surface area contributed by atoms with Crippen molar-refractivity contribution in [1.82, 2.24) is 10.2 Å². The maximum absolute atomic E-state index is 13.7. The van der Waals surface area contributed by atoms with Crippen LogP contribution >= 0.6 is 0 Å². The number of aryl methyl sites for hydroxylation is 3. The first-order valence-corrected chi connectivity index (χ1v) is 11.7. The first-order valence-electron chi connectivity index (χ1n) is 11.7. The number of hydrogen-bond donors (Lipinski definition) is 2. The van der Waals surface area contributed by atoms with Crippen molar-refractivity contribution in [2.45, 2.75) is 66.2 Å². The van der Waals surface area contributed by atoms with Gasteiger partial charge in [0.25, 0.3) is 5.91 Å². The third-order valence-corrected chi connectivity index (χ3v) is 5.24. The van der Waals surface area contributed by atoms with Crippen LogP contribution in [0.25, 0.3) is 0 Å². The van der Waals surface area contributed by atoms with Gasteiger partial charge in [0.2, 0.25) is 5.91 Å². The van der Waals surface area contributed by atoms with Crippen LogP contribution < -0.4 is 10.6 Å². The zero-order chi connectivity index (χ0) is 26.3. The van der Waals surface area contributed by atoms with Crippen molar-refractivity contribution in [3.63, 3.8) is 0 Å². The number of para-hydroxylation sites is 1. The number of rotatable bonds is 8. The van der Waals surface area contributed by atoms with Gasteiger partial charge in [0.15, 0.2) is 0 Å². The first-order chi connectivity index (χ1) is 16.3. The van der Waals surface area contributed by atoms with Crippen LogP contribution in [0, 0.1) is 20.8 Å². The molecule has 0 aliphatic carbocycles. The second-order valence-electron chi connectivity index (χ2n) is 9.77. The van der Waals surface area contributed by atoms with Crippen LogP contribution in [0.15, 0.2) is 55.1 Å². The summed E-state index contributed by atoms with van der Waals surface area (Å²) in [7, 11) is 0. The van der Waals surface area contributed by atoms with Gasteiger partial charge in [-0.05, 0) is 65.7 Å². The van der Waals surface area contributed by atoms with Gasteiger partial charge in [-0.3, -0.25) is 9.59 Å². The minimum Gasteiger partial charge on any atom is -0.444 e. The fourth-order valence-electron chi connectivity index (χ4n) is 3.81. The van der Waals surface area contributed by atoms with Crippen molar-refractivity contribution in [3.8, 4) is 0 Å². The number of hydrogen-bond acceptors (Lipinski definition) is 4. The molecule has 2 unspecified atom stereocenters. The number of nitrogens with zero attached hydrogens (tertiary/aromatic N) is 1. The summed E-state index contributed by atoms with van der Waals surface area (Å²) in [6.07, 6.45) is 0.860. The normalized spacial score (nSPS) is 12.8. The third-order valence-electron chi connectivity index (χ3n) is 5.24. The van der Waals surface area contributed by atoms with E-state index in [4.69, 9.17) is 4.74 Å².